The molecule has 1 aliphatic carbocycles. The highest BCUT2D eigenvalue weighted by molar-refractivity contribution is 5.88. The predicted molar refractivity (Wildman–Crippen MR) is 116 cm³/mol. The van der Waals surface area contributed by atoms with Gasteiger partial charge in [-0.3, -0.25) is 0 Å². The Morgan fingerprint density at radius 2 is 1.60 bits per heavy atom. The van der Waals surface area contributed by atoms with Gasteiger partial charge in [-0.25, -0.2) is 0 Å². The maximum Gasteiger partial charge on any atom is 0.203 e. The standard InChI is InChI=1S/C24H32O6/c1-7-9-15-13-17(26-3)20-19-14(10-11-16(30-8-2)21(20)22(15)25)12-18(27-4)23(28-5)24(19)29-6/h12-13,16,25H,7-11H2,1-6H3/t16-/m0/s1. The second-order valence-corrected chi connectivity index (χ2v) is 7.29. The second-order valence-electron chi connectivity index (χ2n) is 7.29. The molecule has 0 spiro atoms. The van der Waals surface area contributed by atoms with Crippen molar-refractivity contribution in [3.05, 3.63) is 28.8 Å². The summed E-state index contributed by atoms with van der Waals surface area (Å²) in [5, 5.41) is 11.3. The molecule has 0 heterocycles. The number of hydrogen-bond donors (Lipinski definition) is 1. The summed E-state index contributed by atoms with van der Waals surface area (Å²) in [7, 11) is 6.46. The fourth-order valence-electron chi connectivity index (χ4n) is 4.39. The Bertz CT molecular complexity index is 906. The highest BCUT2D eigenvalue weighted by Crippen LogP contribution is 2.55. The van der Waals surface area contributed by atoms with Crippen molar-refractivity contribution in [1.29, 1.82) is 0 Å². The lowest BCUT2D eigenvalue weighted by Crippen LogP contribution is -2.08. The van der Waals surface area contributed by atoms with Crippen molar-refractivity contribution < 1.29 is 28.8 Å². The maximum atomic E-state index is 11.3. The van der Waals surface area contributed by atoms with Gasteiger partial charge in [-0.2, -0.15) is 0 Å². The quantitative estimate of drug-likeness (QED) is 0.648. The average Bonchev–Trinajstić information content (AvgIpc) is 2.92. The molecule has 0 aromatic heterocycles. The van der Waals surface area contributed by atoms with Crippen LogP contribution >= 0.6 is 0 Å². The van der Waals surface area contributed by atoms with Crippen molar-refractivity contribution in [1.82, 2.24) is 0 Å². The first-order chi connectivity index (χ1) is 14.6. The van der Waals surface area contributed by atoms with Crippen molar-refractivity contribution in [3.8, 4) is 39.9 Å². The van der Waals surface area contributed by atoms with E-state index in [0.717, 1.165) is 53.5 Å². The number of methoxy groups -OCH3 is 4. The van der Waals surface area contributed by atoms with Gasteiger partial charge < -0.3 is 28.8 Å². The van der Waals surface area contributed by atoms with Crippen molar-refractivity contribution in [3.63, 3.8) is 0 Å². The van der Waals surface area contributed by atoms with Crippen LogP contribution in [-0.2, 0) is 17.6 Å². The maximum absolute atomic E-state index is 11.3. The van der Waals surface area contributed by atoms with Gasteiger partial charge in [0.05, 0.1) is 34.5 Å². The van der Waals surface area contributed by atoms with E-state index in [-0.39, 0.29) is 11.9 Å². The number of phenols is 1. The molecule has 0 radical (unpaired) electrons. The Labute approximate surface area is 178 Å². The zero-order valence-electron chi connectivity index (χ0n) is 18.8. The van der Waals surface area contributed by atoms with Crippen molar-refractivity contribution in [2.45, 2.75) is 45.6 Å². The molecule has 1 atom stereocenters. The van der Waals surface area contributed by atoms with E-state index < -0.39 is 0 Å². The van der Waals surface area contributed by atoms with E-state index >= 15 is 0 Å². The van der Waals surface area contributed by atoms with E-state index in [4.69, 9.17) is 23.7 Å². The van der Waals surface area contributed by atoms with E-state index in [0.29, 0.717) is 29.6 Å². The molecule has 0 unspecified atom stereocenters. The topological polar surface area (TPSA) is 66.4 Å². The number of phenolic OH excluding ortho intramolecular Hbond substituents is 1. The number of fused-ring (bicyclic) bond motifs is 3. The smallest absolute Gasteiger partial charge is 0.203 e. The number of ether oxygens (including phenoxy) is 5. The highest BCUT2D eigenvalue weighted by Gasteiger charge is 2.34. The first-order valence-electron chi connectivity index (χ1n) is 10.4. The fourth-order valence-corrected chi connectivity index (χ4v) is 4.39. The van der Waals surface area contributed by atoms with Crippen LogP contribution in [0, 0.1) is 0 Å². The molecule has 0 saturated heterocycles. The first-order valence-corrected chi connectivity index (χ1v) is 10.4. The number of aromatic hydroxyl groups is 1. The number of aryl methyl sites for hydroxylation is 2. The lowest BCUT2D eigenvalue weighted by atomic mass is 9.90. The van der Waals surface area contributed by atoms with Crippen LogP contribution in [0.2, 0.25) is 0 Å². The molecule has 1 N–H and O–H groups in total. The molecule has 2 aromatic carbocycles. The monoisotopic (exact) mass is 416 g/mol. The molecule has 1 aliphatic rings. The molecule has 2 aromatic rings. The van der Waals surface area contributed by atoms with Crippen molar-refractivity contribution >= 4 is 0 Å². The summed E-state index contributed by atoms with van der Waals surface area (Å²) in [6.07, 6.45) is 2.87. The third-order valence-electron chi connectivity index (χ3n) is 5.65. The van der Waals surface area contributed by atoms with Crippen LogP contribution in [0.5, 0.6) is 28.7 Å². The number of hydrogen-bond acceptors (Lipinski definition) is 6. The minimum atomic E-state index is -0.259. The third-order valence-corrected chi connectivity index (χ3v) is 5.65. The largest absolute Gasteiger partial charge is 0.507 e. The highest BCUT2D eigenvalue weighted by atomic mass is 16.5. The Morgan fingerprint density at radius 1 is 0.900 bits per heavy atom. The molecule has 0 amide bonds. The van der Waals surface area contributed by atoms with Crippen LogP contribution in [-0.4, -0.2) is 40.2 Å². The van der Waals surface area contributed by atoms with Gasteiger partial charge in [-0.05, 0) is 49.4 Å². The summed E-state index contributed by atoms with van der Waals surface area (Å²) < 4.78 is 28.9. The van der Waals surface area contributed by atoms with Crippen molar-refractivity contribution in [2.75, 3.05) is 35.0 Å². The van der Waals surface area contributed by atoms with E-state index in [9.17, 15) is 5.11 Å². The Hall–Kier alpha value is -2.60. The van der Waals surface area contributed by atoms with Crippen LogP contribution in [0.4, 0.5) is 0 Å². The molecule has 6 nitrogen and oxygen atoms in total. The fraction of sp³-hybridized carbons (Fsp3) is 0.500. The predicted octanol–water partition coefficient (Wildman–Crippen LogP) is 5.07. The molecule has 3 rings (SSSR count). The summed E-state index contributed by atoms with van der Waals surface area (Å²) in [5.41, 5.74) is 4.29. The SMILES string of the molecule is CCCc1cc(OC)c2c(c1O)[C@@H](OCC)CCc1cc(OC)c(OC)c(OC)c1-2. The normalized spacial score (nSPS) is 15.1. The van der Waals surface area contributed by atoms with E-state index in [2.05, 4.69) is 6.92 Å². The number of benzene rings is 2. The van der Waals surface area contributed by atoms with Gasteiger partial charge in [0.1, 0.15) is 11.5 Å². The van der Waals surface area contributed by atoms with Crippen LogP contribution in [0.1, 0.15) is 49.5 Å². The van der Waals surface area contributed by atoms with Crippen LogP contribution in [0.25, 0.3) is 11.1 Å². The zero-order chi connectivity index (χ0) is 21.8. The van der Waals surface area contributed by atoms with E-state index in [1.165, 1.54) is 0 Å². The van der Waals surface area contributed by atoms with Crippen LogP contribution < -0.4 is 18.9 Å². The van der Waals surface area contributed by atoms with Crippen molar-refractivity contribution in [2.24, 2.45) is 0 Å². The molecule has 164 valence electrons. The third kappa shape index (κ3) is 3.65. The lowest BCUT2D eigenvalue weighted by Gasteiger charge is -2.24. The summed E-state index contributed by atoms with van der Waals surface area (Å²) in [4.78, 5) is 0. The van der Waals surface area contributed by atoms with Gasteiger partial charge in [0.15, 0.2) is 11.5 Å². The van der Waals surface area contributed by atoms with Gasteiger partial charge in [0.2, 0.25) is 5.75 Å². The average molecular weight is 417 g/mol. The van der Waals surface area contributed by atoms with Crippen LogP contribution in [0.3, 0.4) is 0 Å². The molecule has 0 fully saturated rings. The summed E-state index contributed by atoms with van der Waals surface area (Å²) >= 11 is 0. The minimum absolute atomic E-state index is 0.259. The van der Waals surface area contributed by atoms with Gasteiger partial charge in [-0.1, -0.05) is 13.3 Å². The first kappa shape index (κ1) is 22.1. The lowest BCUT2D eigenvalue weighted by molar-refractivity contribution is 0.0555. The van der Waals surface area contributed by atoms with Gasteiger partial charge in [0.25, 0.3) is 0 Å². The Morgan fingerprint density at radius 3 is 2.17 bits per heavy atom. The molecule has 0 bridgehead atoms. The van der Waals surface area contributed by atoms with Gasteiger partial charge in [0, 0.05) is 23.3 Å². The molecule has 0 aliphatic heterocycles. The Balaban J connectivity index is 2.45. The molecule has 6 heteroatoms. The van der Waals surface area contributed by atoms with E-state index in [1.807, 2.05) is 19.1 Å². The Kier molecular flexibility index (Phi) is 6.98. The summed E-state index contributed by atoms with van der Waals surface area (Å²) in [6.45, 7) is 4.60. The zero-order valence-corrected chi connectivity index (χ0v) is 18.8. The molecule has 0 saturated carbocycles. The van der Waals surface area contributed by atoms with Gasteiger partial charge >= 0.3 is 0 Å². The van der Waals surface area contributed by atoms with Crippen LogP contribution in [0.15, 0.2) is 12.1 Å². The summed E-state index contributed by atoms with van der Waals surface area (Å²) in [6, 6.07) is 3.90. The molecule has 30 heavy (non-hydrogen) atoms. The molecular formula is C24H32O6. The second kappa shape index (κ2) is 9.47. The van der Waals surface area contributed by atoms with Gasteiger partial charge in [-0.15, -0.1) is 0 Å². The summed E-state index contributed by atoms with van der Waals surface area (Å²) in [5.74, 6) is 2.64. The number of rotatable bonds is 8. The minimum Gasteiger partial charge on any atom is -0.507 e. The van der Waals surface area contributed by atoms with E-state index in [1.54, 1.807) is 28.4 Å². The molecular weight excluding hydrogens is 384 g/mol.